The highest BCUT2D eigenvalue weighted by Crippen LogP contribution is 2.26. The van der Waals surface area contributed by atoms with Gasteiger partial charge < -0.3 is 4.42 Å². The fourth-order valence-electron chi connectivity index (χ4n) is 1.38. The van der Waals surface area contributed by atoms with Crippen molar-refractivity contribution < 1.29 is 9.21 Å². The third-order valence-electron chi connectivity index (χ3n) is 2.02. The lowest BCUT2D eigenvalue weighted by molar-refractivity contribution is 0.112. The van der Waals surface area contributed by atoms with E-state index in [0.29, 0.717) is 12.0 Å². The molecule has 0 unspecified atom stereocenters. The molecule has 1 aromatic carbocycles. The first-order valence-electron chi connectivity index (χ1n) is 4.39. The van der Waals surface area contributed by atoms with Crippen molar-refractivity contribution in [1.29, 1.82) is 0 Å². The Hall–Kier alpha value is -1.61. The Morgan fingerprint density at radius 1 is 1.47 bits per heavy atom. The number of halogens is 1. The summed E-state index contributed by atoms with van der Waals surface area (Å²) < 4.78 is 5.17. The SMILES string of the molecule is Cc1cccc(-c2oc(Cl)nc2C=O)c1. The molecule has 0 atom stereocenters. The minimum atomic E-state index is -0.0198. The van der Waals surface area contributed by atoms with E-state index < -0.39 is 0 Å². The van der Waals surface area contributed by atoms with Crippen LogP contribution in [0.2, 0.25) is 5.35 Å². The van der Waals surface area contributed by atoms with Gasteiger partial charge in [0, 0.05) is 5.56 Å². The van der Waals surface area contributed by atoms with Crippen LogP contribution in [0.5, 0.6) is 0 Å². The Labute approximate surface area is 91.7 Å². The van der Waals surface area contributed by atoms with Crippen LogP contribution in [0.15, 0.2) is 28.7 Å². The summed E-state index contributed by atoms with van der Waals surface area (Å²) in [5, 5.41) is -0.0198. The fourth-order valence-corrected chi connectivity index (χ4v) is 1.55. The number of aryl methyl sites for hydroxylation is 1. The van der Waals surface area contributed by atoms with Crippen molar-refractivity contribution in [2.24, 2.45) is 0 Å². The molecule has 0 amide bonds. The molecule has 0 saturated carbocycles. The van der Waals surface area contributed by atoms with Gasteiger partial charge in [-0.05, 0) is 24.6 Å². The van der Waals surface area contributed by atoms with Crippen LogP contribution in [0.3, 0.4) is 0 Å². The van der Waals surface area contributed by atoms with Crippen LogP contribution >= 0.6 is 11.6 Å². The van der Waals surface area contributed by atoms with E-state index in [4.69, 9.17) is 16.0 Å². The molecule has 0 saturated heterocycles. The van der Waals surface area contributed by atoms with Gasteiger partial charge in [0.25, 0.3) is 5.35 Å². The predicted octanol–water partition coefficient (Wildman–Crippen LogP) is 3.12. The van der Waals surface area contributed by atoms with Crippen LogP contribution in [-0.4, -0.2) is 11.3 Å². The maximum absolute atomic E-state index is 10.7. The summed E-state index contributed by atoms with van der Waals surface area (Å²) in [5.74, 6) is 0.415. The van der Waals surface area contributed by atoms with Gasteiger partial charge in [-0.15, -0.1) is 0 Å². The predicted molar refractivity (Wildman–Crippen MR) is 57.1 cm³/mol. The van der Waals surface area contributed by atoms with Crippen LogP contribution in [0.1, 0.15) is 16.1 Å². The molecule has 0 radical (unpaired) electrons. The van der Waals surface area contributed by atoms with E-state index in [0.717, 1.165) is 11.1 Å². The second kappa shape index (κ2) is 3.87. The van der Waals surface area contributed by atoms with Gasteiger partial charge in [-0.3, -0.25) is 4.79 Å². The Kier molecular flexibility index (Phi) is 2.56. The van der Waals surface area contributed by atoms with E-state index in [2.05, 4.69) is 4.98 Å². The zero-order valence-corrected chi connectivity index (χ0v) is 8.78. The number of aromatic nitrogens is 1. The van der Waals surface area contributed by atoms with E-state index in [-0.39, 0.29) is 11.0 Å². The molecule has 0 aliphatic heterocycles. The van der Waals surface area contributed by atoms with Crippen molar-refractivity contribution in [1.82, 2.24) is 4.98 Å². The second-order valence-corrected chi connectivity index (χ2v) is 3.49. The van der Waals surface area contributed by atoms with Gasteiger partial charge in [-0.2, -0.15) is 4.98 Å². The molecule has 0 spiro atoms. The number of rotatable bonds is 2. The molecule has 15 heavy (non-hydrogen) atoms. The zero-order chi connectivity index (χ0) is 10.8. The average Bonchev–Trinajstić information content (AvgIpc) is 2.59. The van der Waals surface area contributed by atoms with Crippen LogP contribution < -0.4 is 0 Å². The van der Waals surface area contributed by atoms with Gasteiger partial charge >= 0.3 is 0 Å². The number of hydrogen-bond donors (Lipinski definition) is 0. The number of aldehydes is 1. The second-order valence-electron chi connectivity index (χ2n) is 3.17. The summed E-state index contributed by atoms with van der Waals surface area (Å²) in [4.78, 5) is 14.5. The van der Waals surface area contributed by atoms with Gasteiger partial charge in [-0.1, -0.05) is 23.8 Å². The number of oxazole rings is 1. The van der Waals surface area contributed by atoms with Gasteiger partial charge in [0.15, 0.2) is 17.7 Å². The van der Waals surface area contributed by atoms with Crippen LogP contribution in [0.4, 0.5) is 0 Å². The molecule has 2 aromatic rings. The third-order valence-corrected chi connectivity index (χ3v) is 2.18. The van der Waals surface area contributed by atoms with E-state index in [1.807, 2.05) is 31.2 Å². The molecule has 0 N–H and O–H groups in total. The monoisotopic (exact) mass is 221 g/mol. The summed E-state index contributed by atoms with van der Waals surface area (Å²) in [5.41, 5.74) is 2.11. The smallest absolute Gasteiger partial charge is 0.293 e. The van der Waals surface area contributed by atoms with Gasteiger partial charge in [-0.25, -0.2) is 0 Å². The third kappa shape index (κ3) is 1.92. The lowest BCUT2D eigenvalue weighted by Crippen LogP contribution is -1.84. The van der Waals surface area contributed by atoms with Crippen LogP contribution in [0.25, 0.3) is 11.3 Å². The first kappa shape index (κ1) is 9.93. The highest BCUT2D eigenvalue weighted by Gasteiger charge is 2.13. The number of nitrogens with zero attached hydrogens (tertiary/aromatic N) is 1. The number of carbonyl (C=O) groups is 1. The van der Waals surface area contributed by atoms with Crippen molar-refractivity contribution in [2.45, 2.75) is 6.92 Å². The van der Waals surface area contributed by atoms with Crippen molar-refractivity contribution in [3.05, 3.63) is 40.9 Å². The fraction of sp³-hybridized carbons (Fsp3) is 0.0909. The lowest BCUT2D eigenvalue weighted by Gasteiger charge is -1.98. The molecule has 2 rings (SSSR count). The molecule has 76 valence electrons. The van der Waals surface area contributed by atoms with Gasteiger partial charge in [0.05, 0.1) is 0 Å². The lowest BCUT2D eigenvalue weighted by atomic mass is 10.1. The maximum Gasteiger partial charge on any atom is 0.293 e. The van der Waals surface area contributed by atoms with Crippen molar-refractivity contribution >= 4 is 17.9 Å². The molecule has 0 bridgehead atoms. The molecule has 0 aliphatic carbocycles. The van der Waals surface area contributed by atoms with Crippen molar-refractivity contribution in [3.8, 4) is 11.3 Å². The Balaban J connectivity index is 2.57. The number of benzene rings is 1. The quantitative estimate of drug-likeness (QED) is 0.732. The standard InChI is InChI=1S/C11H8ClNO2/c1-7-3-2-4-8(5-7)10-9(6-14)13-11(12)15-10/h2-6H,1H3. The van der Waals surface area contributed by atoms with E-state index >= 15 is 0 Å². The van der Waals surface area contributed by atoms with Crippen molar-refractivity contribution in [3.63, 3.8) is 0 Å². The van der Waals surface area contributed by atoms with Crippen molar-refractivity contribution in [2.75, 3.05) is 0 Å². The van der Waals surface area contributed by atoms with Gasteiger partial charge in [0.1, 0.15) is 0 Å². The van der Waals surface area contributed by atoms with Crippen LogP contribution in [0, 0.1) is 6.92 Å². The maximum atomic E-state index is 10.7. The molecule has 3 nitrogen and oxygen atoms in total. The highest BCUT2D eigenvalue weighted by molar-refractivity contribution is 6.28. The highest BCUT2D eigenvalue weighted by atomic mass is 35.5. The van der Waals surface area contributed by atoms with Crippen LogP contribution in [-0.2, 0) is 0 Å². The topological polar surface area (TPSA) is 43.1 Å². The van der Waals surface area contributed by atoms with Gasteiger partial charge in [0.2, 0.25) is 0 Å². The number of hydrogen-bond acceptors (Lipinski definition) is 3. The first-order chi connectivity index (χ1) is 7.20. The Morgan fingerprint density at radius 2 is 2.27 bits per heavy atom. The Morgan fingerprint density at radius 3 is 2.93 bits per heavy atom. The summed E-state index contributed by atoms with van der Waals surface area (Å²) >= 11 is 5.60. The normalized spacial score (nSPS) is 10.3. The molecule has 1 heterocycles. The van der Waals surface area contributed by atoms with E-state index in [1.54, 1.807) is 0 Å². The first-order valence-corrected chi connectivity index (χ1v) is 4.77. The summed E-state index contributed by atoms with van der Waals surface area (Å²) in [6.07, 6.45) is 0.632. The molecule has 4 heteroatoms. The number of carbonyl (C=O) groups excluding carboxylic acids is 1. The zero-order valence-electron chi connectivity index (χ0n) is 8.03. The largest absolute Gasteiger partial charge is 0.427 e. The summed E-state index contributed by atoms with van der Waals surface area (Å²) in [6.45, 7) is 1.96. The molecular formula is C11H8ClNO2. The molecule has 1 aromatic heterocycles. The Bertz CT molecular complexity index is 505. The minimum absolute atomic E-state index is 0.0198. The average molecular weight is 222 g/mol. The summed E-state index contributed by atoms with van der Waals surface area (Å²) in [7, 11) is 0. The summed E-state index contributed by atoms with van der Waals surface area (Å²) in [6, 6.07) is 7.60. The molecule has 0 aliphatic rings. The van der Waals surface area contributed by atoms with E-state index in [1.165, 1.54) is 0 Å². The molecular weight excluding hydrogens is 214 g/mol. The van der Waals surface area contributed by atoms with E-state index in [9.17, 15) is 4.79 Å². The molecule has 0 fully saturated rings. The minimum Gasteiger partial charge on any atom is -0.427 e.